The lowest BCUT2D eigenvalue weighted by Gasteiger charge is -2.01. The van der Waals surface area contributed by atoms with Crippen molar-refractivity contribution in [3.63, 3.8) is 0 Å². The third kappa shape index (κ3) is 4.24. The Morgan fingerprint density at radius 2 is 1.31 bits per heavy atom. The van der Waals surface area contributed by atoms with Crippen LogP contribution < -0.4 is 27.1 Å². The van der Waals surface area contributed by atoms with Gasteiger partial charge in [0.05, 0.1) is 0 Å². The predicted octanol–water partition coefficient (Wildman–Crippen LogP) is 0.679. The normalized spacial score (nSPS) is 12.2. The lowest BCUT2D eigenvalue weighted by molar-refractivity contribution is -0.114. The maximum atomic E-state index is 12.3. The zero-order valence-corrected chi connectivity index (χ0v) is 14.1. The van der Waals surface area contributed by atoms with E-state index in [9.17, 15) is 14.4 Å². The number of aromatic nitrogens is 2. The molecule has 0 aliphatic rings. The van der Waals surface area contributed by atoms with Crippen LogP contribution in [0.2, 0.25) is 0 Å². The van der Waals surface area contributed by atoms with Crippen molar-refractivity contribution in [2.24, 2.45) is 0 Å². The molecule has 1 amide bonds. The van der Waals surface area contributed by atoms with Crippen LogP contribution in [0.25, 0.3) is 12.2 Å². The van der Waals surface area contributed by atoms with Gasteiger partial charge >= 0.3 is 0 Å². The van der Waals surface area contributed by atoms with Gasteiger partial charge in [0.15, 0.2) is 0 Å². The van der Waals surface area contributed by atoms with Crippen LogP contribution in [-0.2, 0) is 4.79 Å². The molecule has 1 aromatic heterocycles. The van der Waals surface area contributed by atoms with Crippen molar-refractivity contribution < 1.29 is 4.79 Å². The Morgan fingerprint density at radius 1 is 0.808 bits per heavy atom. The number of benzene rings is 2. The molecule has 3 aromatic rings. The summed E-state index contributed by atoms with van der Waals surface area (Å²) in [5.41, 5.74) is 1.43. The van der Waals surface area contributed by atoms with Crippen LogP contribution in [0.3, 0.4) is 0 Å². The molecule has 0 saturated heterocycles. The van der Waals surface area contributed by atoms with Crippen molar-refractivity contribution in [2.45, 2.75) is 6.92 Å². The summed E-state index contributed by atoms with van der Waals surface area (Å²) >= 11 is 0. The van der Waals surface area contributed by atoms with E-state index >= 15 is 0 Å². The van der Waals surface area contributed by atoms with Crippen LogP contribution in [0.15, 0.2) is 64.2 Å². The van der Waals surface area contributed by atoms with Gasteiger partial charge in [-0.05, 0) is 35.4 Å². The first-order chi connectivity index (χ1) is 12.5. The van der Waals surface area contributed by atoms with E-state index in [1.807, 2.05) is 30.3 Å². The molecule has 0 atom stereocenters. The van der Waals surface area contributed by atoms with Gasteiger partial charge in [-0.15, -0.1) is 0 Å². The molecule has 0 radical (unpaired) electrons. The number of hydrogen-bond donors (Lipinski definition) is 3. The van der Waals surface area contributed by atoms with Crippen LogP contribution >= 0.6 is 0 Å². The highest BCUT2D eigenvalue weighted by Gasteiger charge is 1.98. The van der Waals surface area contributed by atoms with Crippen LogP contribution in [0, 0.1) is 0 Å². The van der Waals surface area contributed by atoms with E-state index in [-0.39, 0.29) is 22.2 Å². The van der Waals surface area contributed by atoms with Gasteiger partial charge in [-0.2, -0.15) is 0 Å². The van der Waals surface area contributed by atoms with Gasteiger partial charge in [0.25, 0.3) is 11.1 Å². The Labute approximate surface area is 148 Å². The van der Waals surface area contributed by atoms with Crippen molar-refractivity contribution in [1.82, 2.24) is 9.97 Å². The molecule has 3 N–H and O–H groups in total. The van der Waals surface area contributed by atoms with Crippen molar-refractivity contribution >= 4 is 23.7 Å². The number of rotatable bonds is 3. The van der Waals surface area contributed by atoms with Crippen LogP contribution in [0.5, 0.6) is 0 Å². The fraction of sp³-hybridized carbons (Fsp3) is 0.0500. The summed E-state index contributed by atoms with van der Waals surface area (Å²) in [7, 11) is 0. The second kappa shape index (κ2) is 7.48. The Morgan fingerprint density at radius 3 is 1.81 bits per heavy atom. The van der Waals surface area contributed by atoms with E-state index in [4.69, 9.17) is 0 Å². The van der Waals surface area contributed by atoms with Crippen molar-refractivity contribution in [2.75, 3.05) is 5.32 Å². The average Bonchev–Trinajstić information content (AvgIpc) is 2.61. The van der Waals surface area contributed by atoms with Crippen LogP contribution in [-0.4, -0.2) is 15.9 Å². The summed E-state index contributed by atoms with van der Waals surface area (Å²) in [6.45, 7) is 1.43. The number of carbonyl (C=O) groups is 1. The topological polar surface area (TPSA) is 94.8 Å². The van der Waals surface area contributed by atoms with Crippen molar-refractivity contribution in [3.8, 4) is 0 Å². The number of aromatic amines is 2. The third-order valence-electron chi connectivity index (χ3n) is 3.64. The molecule has 2 aromatic carbocycles. The molecule has 26 heavy (non-hydrogen) atoms. The van der Waals surface area contributed by atoms with E-state index in [0.717, 1.165) is 11.1 Å². The van der Waals surface area contributed by atoms with E-state index in [2.05, 4.69) is 15.3 Å². The molecule has 130 valence electrons. The first-order valence-electron chi connectivity index (χ1n) is 8.00. The summed E-state index contributed by atoms with van der Waals surface area (Å²) in [5, 5.41) is 3.02. The minimum absolute atomic E-state index is 0.159. The summed E-state index contributed by atoms with van der Waals surface area (Å²) in [6, 6.07) is 16.2. The fourth-order valence-corrected chi connectivity index (χ4v) is 2.44. The first kappa shape index (κ1) is 17.2. The molecule has 6 heteroatoms. The predicted molar refractivity (Wildman–Crippen MR) is 101 cm³/mol. The minimum Gasteiger partial charge on any atom is -0.326 e. The second-order valence-electron chi connectivity index (χ2n) is 5.74. The quantitative estimate of drug-likeness (QED) is 0.650. The summed E-state index contributed by atoms with van der Waals surface area (Å²) in [4.78, 5) is 40.7. The lowest BCUT2D eigenvalue weighted by Crippen LogP contribution is -2.46. The second-order valence-corrected chi connectivity index (χ2v) is 5.74. The van der Waals surface area contributed by atoms with Gasteiger partial charge < -0.3 is 15.3 Å². The largest absolute Gasteiger partial charge is 0.326 e. The zero-order chi connectivity index (χ0) is 18.5. The van der Waals surface area contributed by atoms with Crippen LogP contribution in [0.4, 0.5) is 5.69 Å². The fourth-order valence-electron chi connectivity index (χ4n) is 2.44. The highest BCUT2D eigenvalue weighted by Crippen LogP contribution is 2.09. The molecule has 0 aliphatic heterocycles. The molecule has 0 aliphatic carbocycles. The van der Waals surface area contributed by atoms with E-state index in [1.54, 1.807) is 36.4 Å². The molecule has 0 fully saturated rings. The number of amides is 1. The summed E-state index contributed by atoms with van der Waals surface area (Å²) in [6.07, 6.45) is 3.19. The standard InChI is InChI=1S/C20H17N3O3/c1-13(24)21-16-9-7-15(8-10-16)12-18-20(26)22-17(19(25)23-18)11-14-5-3-2-4-6-14/h2-12H,1H3,(H,21,24)(H,22,26)(H,23,25)/b17-11-,18-12-. The zero-order valence-electron chi connectivity index (χ0n) is 14.1. The highest BCUT2D eigenvalue weighted by molar-refractivity contribution is 5.88. The number of hydrogen-bond acceptors (Lipinski definition) is 3. The van der Waals surface area contributed by atoms with E-state index in [0.29, 0.717) is 5.69 Å². The lowest BCUT2D eigenvalue weighted by atomic mass is 10.2. The number of nitrogens with one attached hydrogen (secondary N) is 3. The number of carbonyl (C=O) groups excluding carboxylic acids is 1. The maximum Gasteiger partial charge on any atom is 0.272 e. The molecular weight excluding hydrogens is 330 g/mol. The Bertz CT molecular complexity index is 1160. The Hall–Kier alpha value is -3.67. The average molecular weight is 347 g/mol. The maximum absolute atomic E-state index is 12.3. The Kier molecular flexibility index (Phi) is 4.94. The number of H-pyrrole nitrogens is 2. The molecule has 1 heterocycles. The molecule has 3 rings (SSSR count). The van der Waals surface area contributed by atoms with Gasteiger partial charge in [-0.3, -0.25) is 14.4 Å². The number of anilines is 1. The molecule has 0 unspecified atom stereocenters. The third-order valence-corrected chi connectivity index (χ3v) is 3.64. The van der Waals surface area contributed by atoms with Crippen LogP contribution in [0.1, 0.15) is 18.1 Å². The molecular formula is C20H17N3O3. The van der Waals surface area contributed by atoms with E-state index < -0.39 is 5.56 Å². The summed E-state index contributed by atoms with van der Waals surface area (Å²) < 4.78 is 0. The van der Waals surface area contributed by atoms with Gasteiger partial charge in [0.2, 0.25) is 5.91 Å². The van der Waals surface area contributed by atoms with Gasteiger partial charge in [-0.1, -0.05) is 42.5 Å². The molecule has 6 nitrogen and oxygen atoms in total. The smallest absolute Gasteiger partial charge is 0.272 e. The minimum atomic E-state index is -0.391. The monoisotopic (exact) mass is 347 g/mol. The van der Waals surface area contributed by atoms with Gasteiger partial charge in [0, 0.05) is 12.6 Å². The van der Waals surface area contributed by atoms with E-state index in [1.165, 1.54) is 6.92 Å². The molecule has 0 saturated carbocycles. The molecule has 0 bridgehead atoms. The highest BCUT2D eigenvalue weighted by atomic mass is 16.1. The molecule has 0 spiro atoms. The Balaban J connectivity index is 1.99. The SMILES string of the molecule is CC(=O)Nc1ccc(/C=c2\[nH]c(=O)/c(=C/c3ccccc3)[nH]c2=O)cc1. The first-order valence-corrected chi connectivity index (χ1v) is 8.00. The van der Waals surface area contributed by atoms with Gasteiger partial charge in [0.1, 0.15) is 10.7 Å². The van der Waals surface area contributed by atoms with Crippen molar-refractivity contribution in [1.29, 1.82) is 0 Å². The summed E-state index contributed by atoms with van der Waals surface area (Å²) in [5.74, 6) is -0.159. The van der Waals surface area contributed by atoms with Gasteiger partial charge in [-0.25, -0.2) is 0 Å². The van der Waals surface area contributed by atoms with Crippen molar-refractivity contribution in [3.05, 3.63) is 97.1 Å².